The highest BCUT2D eigenvalue weighted by molar-refractivity contribution is 5.75. The second-order valence-electron chi connectivity index (χ2n) is 5.29. The zero-order valence-corrected chi connectivity index (χ0v) is 11.4. The molecule has 0 aromatic carbocycles. The topological polar surface area (TPSA) is 96.8 Å². The Labute approximate surface area is 116 Å². The van der Waals surface area contributed by atoms with E-state index in [1.165, 1.54) is 6.07 Å². The minimum Gasteiger partial charge on any atom is -0.481 e. The third-order valence-electron chi connectivity index (χ3n) is 3.82. The maximum Gasteiger partial charge on any atom is 0.433 e. The van der Waals surface area contributed by atoms with Crippen molar-refractivity contribution in [2.45, 2.75) is 32.7 Å². The van der Waals surface area contributed by atoms with Crippen molar-refractivity contribution in [3.05, 3.63) is 28.0 Å². The number of hydrogen-bond donors (Lipinski definition) is 1. The Morgan fingerprint density at radius 1 is 1.60 bits per heavy atom. The molecule has 0 amide bonds. The lowest BCUT2D eigenvalue weighted by Crippen LogP contribution is -2.34. The highest BCUT2D eigenvalue weighted by Crippen LogP contribution is 2.36. The van der Waals surface area contributed by atoms with E-state index in [1.54, 1.807) is 6.07 Å². The molecule has 110 valence electrons. The molecule has 0 radical (unpaired) electrons. The highest BCUT2D eigenvalue weighted by atomic mass is 16.6. The Hall–Kier alpha value is -1.89. The van der Waals surface area contributed by atoms with Gasteiger partial charge < -0.3 is 9.52 Å². The summed E-state index contributed by atoms with van der Waals surface area (Å²) in [6, 6.07) is 2.89. The molecule has 1 aliphatic heterocycles. The van der Waals surface area contributed by atoms with Crippen molar-refractivity contribution in [3.63, 3.8) is 0 Å². The summed E-state index contributed by atoms with van der Waals surface area (Å²) in [5.41, 5.74) is -0.687. The second kappa shape index (κ2) is 5.62. The maximum absolute atomic E-state index is 11.5. The van der Waals surface area contributed by atoms with Gasteiger partial charge >= 0.3 is 11.9 Å². The smallest absolute Gasteiger partial charge is 0.433 e. The van der Waals surface area contributed by atoms with Crippen LogP contribution in [0, 0.1) is 15.5 Å². The minimum atomic E-state index is -0.757. The molecule has 20 heavy (non-hydrogen) atoms. The van der Waals surface area contributed by atoms with Gasteiger partial charge in [-0.05, 0) is 25.5 Å². The first-order valence-corrected chi connectivity index (χ1v) is 6.66. The first kappa shape index (κ1) is 14.5. The molecule has 1 aliphatic rings. The molecular weight excluding hydrogens is 264 g/mol. The molecule has 1 unspecified atom stereocenters. The average Bonchev–Trinajstić information content (AvgIpc) is 2.98. The molecular formula is C13H18N2O5. The van der Waals surface area contributed by atoms with Gasteiger partial charge in [-0.1, -0.05) is 13.3 Å². The van der Waals surface area contributed by atoms with Gasteiger partial charge in [0.05, 0.1) is 18.0 Å². The summed E-state index contributed by atoms with van der Waals surface area (Å²) >= 11 is 0. The van der Waals surface area contributed by atoms with Crippen LogP contribution in [-0.4, -0.2) is 34.0 Å². The number of likely N-dealkylation sites (tertiary alicyclic amines) is 1. The quantitative estimate of drug-likeness (QED) is 0.635. The molecule has 0 spiro atoms. The molecule has 1 saturated heterocycles. The van der Waals surface area contributed by atoms with Crippen LogP contribution < -0.4 is 0 Å². The standard InChI is InChI=1S/C13H18N2O5/c1-2-5-13(12(16)17)6-7-14(9-13)8-10-3-4-11(20-10)15(18)19/h3-4H,2,5-9H2,1H3,(H,16,17). The zero-order chi connectivity index (χ0) is 14.8. The molecule has 1 N–H and O–H groups in total. The third-order valence-corrected chi connectivity index (χ3v) is 3.82. The summed E-state index contributed by atoms with van der Waals surface area (Å²) in [4.78, 5) is 23.4. The van der Waals surface area contributed by atoms with Crippen LogP contribution in [0.25, 0.3) is 0 Å². The van der Waals surface area contributed by atoms with Crippen LogP contribution in [0.1, 0.15) is 31.9 Å². The van der Waals surface area contributed by atoms with Crippen LogP contribution in [0.4, 0.5) is 5.88 Å². The van der Waals surface area contributed by atoms with Crippen molar-refractivity contribution in [1.29, 1.82) is 0 Å². The average molecular weight is 282 g/mol. The molecule has 7 nitrogen and oxygen atoms in total. The van der Waals surface area contributed by atoms with E-state index >= 15 is 0 Å². The first-order valence-electron chi connectivity index (χ1n) is 6.66. The SMILES string of the molecule is CCCC1(C(=O)O)CCN(Cc2ccc([N+](=O)[O-])o2)C1. The molecule has 0 aliphatic carbocycles. The number of rotatable bonds is 6. The number of nitrogens with zero attached hydrogens (tertiary/aromatic N) is 2. The van der Waals surface area contributed by atoms with Crippen LogP contribution in [-0.2, 0) is 11.3 Å². The Morgan fingerprint density at radius 2 is 2.35 bits per heavy atom. The summed E-state index contributed by atoms with van der Waals surface area (Å²) in [5, 5.41) is 20.0. The number of aliphatic carboxylic acids is 1. The number of carboxylic acid groups (broad SMARTS) is 1. The lowest BCUT2D eigenvalue weighted by Gasteiger charge is -2.23. The van der Waals surface area contributed by atoms with Crippen molar-refractivity contribution >= 4 is 11.9 Å². The van der Waals surface area contributed by atoms with Crippen molar-refractivity contribution in [1.82, 2.24) is 4.90 Å². The maximum atomic E-state index is 11.5. The summed E-state index contributed by atoms with van der Waals surface area (Å²) < 4.78 is 5.11. The molecule has 2 heterocycles. The molecule has 0 saturated carbocycles. The van der Waals surface area contributed by atoms with Crippen LogP contribution >= 0.6 is 0 Å². The van der Waals surface area contributed by atoms with Gasteiger partial charge in [0.1, 0.15) is 10.7 Å². The van der Waals surface area contributed by atoms with E-state index in [0.29, 0.717) is 38.2 Å². The molecule has 7 heteroatoms. The summed E-state index contributed by atoms with van der Waals surface area (Å²) in [7, 11) is 0. The number of furan rings is 1. The molecule has 1 fully saturated rings. The fourth-order valence-corrected chi connectivity index (χ4v) is 2.83. The van der Waals surface area contributed by atoms with Gasteiger partial charge in [-0.2, -0.15) is 0 Å². The number of carboxylic acids is 1. The van der Waals surface area contributed by atoms with Gasteiger partial charge in [0.2, 0.25) is 0 Å². The predicted molar refractivity (Wildman–Crippen MR) is 70.2 cm³/mol. The van der Waals surface area contributed by atoms with E-state index in [9.17, 15) is 20.0 Å². The molecule has 2 rings (SSSR count). The van der Waals surface area contributed by atoms with Gasteiger partial charge in [0, 0.05) is 6.54 Å². The van der Waals surface area contributed by atoms with E-state index in [4.69, 9.17) is 4.42 Å². The number of carbonyl (C=O) groups is 1. The Bertz CT molecular complexity index is 513. The van der Waals surface area contributed by atoms with Gasteiger partial charge in [0.15, 0.2) is 0 Å². The normalized spacial score (nSPS) is 23.1. The predicted octanol–water partition coefficient (Wildman–Crippen LogP) is 2.26. The second-order valence-corrected chi connectivity index (χ2v) is 5.29. The van der Waals surface area contributed by atoms with Crippen LogP contribution in [0.2, 0.25) is 0 Å². The molecule has 1 aromatic rings. The van der Waals surface area contributed by atoms with Crippen molar-refractivity contribution in [2.24, 2.45) is 5.41 Å². The monoisotopic (exact) mass is 282 g/mol. The Kier molecular flexibility index (Phi) is 4.08. The minimum absolute atomic E-state index is 0.280. The summed E-state index contributed by atoms with van der Waals surface area (Å²) in [5.74, 6) is -0.543. The fraction of sp³-hybridized carbons (Fsp3) is 0.615. The zero-order valence-electron chi connectivity index (χ0n) is 11.4. The van der Waals surface area contributed by atoms with E-state index in [2.05, 4.69) is 0 Å². The first-order chi connectivity index (χ1) is 9.47. The summed E-state index contributed by atoms with van der Waals surface area (Å²) in [6.07, 6.45) is 2.09. The lowest BCUT2D eigenvalue weighted by atomic mass is 9.83. The third kappa shape index (κ3) is 2.82. The highest BCUT2D eigenvalue weighted by Gasteiger charge is 2.43. The number of hydrogen-bond acceptors (Lipinski definition) is 5. The Morgan fingerprint density at radius 3 is 2.90 bits per heavy atom. The van der Waals surface area contributed by atoms with Crippen LogP contribution in [0.5, 0.6) is 0 Å². The molecule has 0 bridgehead atoms. The van der Waals surface area contributed by atoms with Crippen molar-refractivity contribution < 1.29 is 19.2 Å². The van der Waals surface area contributed by atoms with Crippen molar-refractivity contribution in [3.8, 4) is 0 Å². The van der Waals surface area contributed by atoms with Gasteiger partial charge in [-0.3, -0.25) is 19.8 Å². The van der Waals surface area contributed by atoms with E-state index in [-0.39, 0.29) is 5.88 Å². The number of nitro groups is 1. The van der Waals surface area contributed by atoms with E-state index < -0.39 is 16.3 Å². The van der Waals surface area contributed by atoms with Gasteiger partial charge in [-0.15, -0.1) is 0 Å². The molecule has 1 aromatic heterocycles. The van der Waals surface area contributed by atoms with Gasteiger partial charge in [0.25, 0.3) is 0 Å². The van der Waals surface area contributed by atoms with E-state index in [1.807, 2.05) is 11.8 Å². The van der Waals surface area contributed by atoms with Crippen molar-refractivity contribution in [2.75, 3.05) is 13.1 Å². The lowest BCUT2D eigenvalue weighted by molar-refractivity contribution is -0.402. The van der Waals surface area contributed by atoms with Crippen LogP contribution in [0.15, 0.2) is 16.5 Å². The Balaban J connectivity index is 2.01. The molecule has 1 atom stereocenters. The summed E-state index contributed by atoms with van der Waals surface area (Å²) in [6.45, 7) is 3.52. The van der Waals surface area contributed by atoms with Crippen LogP contribution in [0.3, 0.4) is 0 Å². The fourth-order valence-electron chi connectivity index (χ4n) is 2.83. The van der Waals surface area contributed by atoms with Gasteiger partial charge in [-0.25, -0.2) is 0 Å². The van der Waals surface area contributed by atoms with E-state index in [0.717, 1.165) is 6.42 Å². The largest absolute Gasteiger partial charge is 0.481 e.